The molecule has 74 valence electrons. The smallest absolute Gasteiger partial charge is 0.337 e. The molecule has 7 heteroatoms. The minimum atomic E-state index is -1.08. The van der Waals surface area contributed by atoms with Gasteiger partial charge in [-0.05, 0) is 45.2 Å². The molecule has 1 aromatic rings. The average Bonchev–Trinajstić information content (AvgIpc) is 2.01. The molecular formula is C7H3I2NO4. The number of benzene rings is 1. The molecule has 5 nitrogen and oxygen atoms in total. The van der Waals surface area contributed by atoms with E-state index in [1.165, 1.54) is 12.1 Å². The van der Waals surface area contributed by atoms with Crippen LogP contribution in [0.15, 0.2) is 12.1 Å². The fourth-order valence-corrected chi connectivity index (χ4v) is 3.07. The van der Waals surface area contributed by atoms with E-state index in [0.29, 0.717) is 7.14 Å². The van der Waals surface area contributed by atoms with Gasteiger partial charge in [0.15, 0.2) is 0 Å². The molecule has 0 spiro atoms. The van der Waals surface area contributed by atoms with Crippen molar-refractivity contribution in [3.63, 3.8) is 0 Å². The summed E-state index contributed by atoms with van der Waals surface area (Å²) in [7, 11) is 0. The van der Waals surface area contributed by atoms with Gasteiger partial charge in [-0.1, -0.05) is 0 Å². The van der Waals surface area contributed by atoms with Crippen LogP contribution in [-0.2, 0) is 0 Å². The van der Waals surface area contributed by atoms with Crippen LogP contribution < -0.4 is 0 Å². The van der Waals surface area contributed by atoms with E-state index < -0.39 is 10.9 Å². The Morgan fingerprint density at radius 2 is 1.79 bits per heavy atom. The highest BCUT2D eigenvalue weighted by molar-refractivity contribution is 14.1. The maximum Gasteiger partial charge on any atom is 0.337 e. The molecule has 0 aliphatic rings. The lowest BCUT2D eigenvalue weighted by molar-refractivity contribution is -0.385. The topological polar surface area (TPSA) is 80.4 Å². The van der Waals surface area contributed by atoms with Crippen LogP contribution >= 0.6 is 45.2 Å². The molecule has 1 N–H and O–H groups in total. The second-order valence-corrected chi connectivity index (χ2v) is 4.67. The average molecular weight is 419 g/mol. The van der Waals surface area contributed by atoms with E-state index in [4.69, 9.17) is 5.11 Å². The second kappa shape index (κ2) is 4.38. The molecule has 14 heavy (non-hydrogen) atoms. The molecular weight excluding hydrogens is 416 g/mol. The van der Waals surface area contributed by atoms with Crippen molar-refractivity contribution in [1.82, 2.24) is 0 Å². The van der Waals surface area contributed by atoms with Crippen molar-refractivity contribution < 1.29 is 14.8 Å². The van der Waals surface area contributed by atoms with Gasteiger partial charge in [-0.3, -0.25) is 10.1 Å². The predicted molar refractivity (Wildman–Crippen MR) is 65.5 cm³/mol. The summed E-state index contributed by atoms with van der Waals surface area (Å²) >= 11 is 3.54. The van der Waals surface area contributed by atoms with Gasteiger partial charge in [0.25, 0.3) is 5.69 Å². The SMILES string of the molecule is O=C(O)c1c(I)cc([N+](=O)[O-])cc1I. The summed E-state index contributed by atoms with van der Waals surface area (Å²) in [5, 5.41) is 19.2. The second-order valence-electron chi connectivity index (χ2n) is 2.35. The molecule has 0 aliphatic carbocycles. The first-order valence-electron chi connectivity index (χ1n) is 3.30. The Balaban J connectivity index is 3.39. The minimum absolute atomic E-state index is 0.0937. The number of carbonyl (C=O) groups is 1. The maximum atomic E-state index is 10.7. The van der Waals surface area contributed by atoms with Crippen molar-refractivity contribution in [2.75, 3.05) is 0 Å². The zero-order valence-electron chi connectivity index (χ0n) is 6.53. The van der Waals surface area contributed by atoms with E-state index >= 15 is 0 Å². The Labute approximate surface area is 106 Å². The van der Waals surface area contributed by atoms with Gasteiger partial charge < -0.3 is 5.11 Å². The van der Waals surface area contributed by atoms with E-state index in [9.17, 15) is 14.9 Å². The monoisotopic (exact) mass is 419 g/mol. The molecule has 0 radical (unpaired) electrons. The fraction of sp³-hybridized carbons (Fsp3) is 0. The van der Waals surface area contributed by atoms with Gasteiger partial charge in [-0.2, -0.15) is 0 Å². The molecule has 1 rings (SSSR count). The first-order valence-corrected chi connectivity index (χ1v) is 5.46. The number of aromatic carboxylic acids is 1. The van der Waals surface area contributed by atoms with Gasteiger partial charge in [0.1, 0.15) is 0 Å². The van der Waals surface area contributed by atoms with Crippen LogP contribution in [0, 0.1) is 17.3 Å². The largest absolute Gasteiger partial charge is 0.478 e. The zero-order chi connectivity index (χ0) is 10.9. The summed E-state index contributed by atoms with van der Waals surface area (Å²) in [5.74, 6) is -1.08. The summed E-state index contributed by atoms with van der Waals surface area (Å²) in [6, 6.07) is 2.48. The number of halogens is 2. The van der Waals surface area contributed by atoms with Gasteiger partial charge in [-0.15, -0.1) is 0 Å². The molecule has 0 fully saturated rings. The molecule has 0 atom stereocenters. The van der Waals surface area contributed by atoms with Crippen molar-refractivity contribution in [2.45, 2.75) is 0 Å². The number of non-ortho nitro benzene ring substituents is 1. The lowest BCUT2D eigenvalue weighted by atomic mass is 10.2. The summed E-state index contributed by atoms with van der Waals surface area (Å²) in [5.41, 5.74) is 0.0144. The number of hydrogen-bond donors (Lipinski definition) is 1. The van der Waals surface area contributed by atoms with E-state index in [2.05, 4.69) is 0 Å². The molecule has 0 aromatic heterocycles. The van der Waals surface area contributed by atoms with E-state index in [-0.39, 0.29) is 11.3 Å². The fourth-order valence-electron chi connectivity index (χ4n) is 0.869. The highest BCUT2D eigenvalue weighted by Crippen LogP contribution is 2.25. The minimum Gasteiger partial charge on any atom is -0.478 e. The molecule has 0 amide bonds. The summed E-state index contributed by atoms with van der Waals surface area (Å²) in [6.45, 7) is 0. The number of rotatable bonds is 2. The third-order valence-corrected chi connectivity index (χ3v) is 3.15. The van der Waals surface area contributed by atoms with Gasteiger partial charge in [-0.25, -0.2) is 4.79 Å². The van der Waals surface area contributed by atoms with Gasteiger partial charge >= 0.3 is 5.97 Å². The Bertz CT molecular complexity index is 395. The van der Waals surface area contributed by atoms with E-state index in [1.807, 2.05) is 0 Å². The van der Waals surface area contributed by atoms with Crippen LogP contribution in [0.5, 0.6) is 0 Å². The molecule has 0 unspecified atom stereocenters. The first kappa shape index (κ1) is 11.6. The van der Waals surface area contributed by atoms with E-state index in [0.717, 1.165) is 0 Å². The Morgan fingerprint density at radius 3 is 2.07 bits per heavy atom. The van der Waals surface area contributed by atoms with E-state index in [1.54, 1.807) is 45.2 Å². The molecule has 0 bridgehead atoms. The number of carboxylic acid groups (broad SMARTS) is 1. The Morgan fingerprint density at radius 1 is 1.36 bits per heavy atom. The molecule has 0 saturated carbocycles. The number of carboxylic acids is 1. The molecule has 1 aromatic carbocycles. The summed E-state index contributed by atoms with van der Waals surface area (Å²) < 4.78 is 0.738. The van der Waals surface area contributed by atoms with Crippen molar-refractivity contribution in [1.29, 1.82) is 0 Å². The van der Waals surface area contributed by atoms with Crippen LogP contribution in [0.25, 0.3) is 0 Å². The van der Waals surface area contributed by atoms with Crippen LogP contribution in [0.4, 0.5) is 5.69 Å². The standard InChI is InChI=1S/C7H3I2NO4/c8-4-1-3(10(13)14)2-5(9)6(4)7(11)12/h1-2H,(H,11,12). The Hall–Kier alpha value is -0.450. The molecule has 0 saturated heterocycles. The highest BCUT2D eigenvalue weighted by Gasteiger charge is 2.18. The lowest BCUT2D eigenvalue weighted by Crippen LogP contribution is -2.04. The zero-order valence-corrected chi connectivity index (χ0v) is 10.8. The van der Waals surface area contributed by atoms with Crippen LogP contribution in [0.1, 0.15) is 10.4 Å². The third kappa shape index (κ3) is 2.32. The Kier molecular flexibility index (Phi) is 3.64. The normalized spacial score (nSPS) is 9.86. The summed E-state index contributed by atoms with van der Waals surface area (Å²) in [4.78, 5) is 20.6. The van der Waals surface area contributed by atoms with Gasteiger partial charge in [0, 0.05) is 19.3 Å². The first-order chi connectivity index (χ1) is 6.43. The van der Waals surface area contributed by atoms with Gasteiger partial charge in [0.2, 0.25) is 0 Å². The van der Waals surface area contributed by atoms with Crippen molar-refractivity contribution in [3.8, 4) is 0 Å². The van der Waals surface area contributed by atoms with Crippen molar-refractivity contribution in [3.05, 3.63) is 35.0 Å². The number of nitro benzene ring substituents is 1. The maximum absolute atomic E-state index is 10.7. The lowest BCUT2D eigenvalue weighted by Gasteiger charge is -2.01. The van der Waals surface area contributed by atoms with Crippen molar-refractivity contribution >= 4 is 56.8 Å². The summed E-state index contributed by atoms with van der Waals surface area (Å²) in [6.07, 6.45) is 0. The van der Waals surface area contributed by atoms with Crippen LogP contribution in [0.2, 0.25) is 0 Å². The number of nitrogens with zero attached hydrogens (tertiary/aromatic N) is 1. The van der Waals surface area contributed by atoms with Crippen LogP contribution in [-0.4, -0.2) is 16.0 Å². The van der Waals surface area contributed by atoms with Gasteiger partial charge in [0.05, 0.1) is 10.5 Å². The quantitative estimate of drug-likeness (QED) is 0.454. The predicted octanol–water partition coefficient (Wildman–Crippen LogP) is 2.50. The van der Waals surface area contributed by atoms with Crippen molar-refractivity contribution in [2.24, 2.45) is 0 Å². The number of hydrogen-bond acceptors (Lipinski definition) is 3. The third-order valence-electron chi connectivity index (χ3n) is 1.45. The highest BCUT2D eigenvalue weighted by atomic mass is 127. The number of nitro groups is 1. The molecule has 0 aliphatic heterocycles. The molecule has 0 heterocycles. The van der Waals surface area contributed by atoms with Crippen LogP contribution in [0.3, 0.4) is 0 Å².